The van der Waals surface area contributed by atoms with Crippen molar-refractivity contribution in [3.63, 3.8) is 0 Å². The Hall–Kier alpha value is -2.37. The summed E-state index contributed by atoms with van der Waals surface area (Å²) in [6.45, 7) is 6.95. The van der Waals surface area contributed by atoms with Crippen LogP contribution < -0.4 is 5.69 Å². The number of likely N-dealkylation sites (tertiary alicyclic amines) is 1. The molecule has 0 radical (unpaired) electrons. The third kappa shape index (κ3) is 5.59. The number of benzene rings is 1. The monoisotopic (exact) mass is 452 g/mol. The zero-order valence-corrected chi connectivity index (χ0v) is 20.4. The lowest BCUT2D eigenvalue weighted by molar-refractivity contribution is -0.138. The molecule has 6 heteroatoms. The molecule has 1 amide bonds. The lowest BCUT2D eigenvalue weighted by Crippen LogP contribution is -2.42. The molecule has 1 saturated heterocycles. The first kappa shape index (κ1) is 23.8. The number of carbonyl (C=O) groups excluding carboxylic acids is 1. The Morgan fingerprint density at radius 2 is 1.70 bits per heavy atom. The van der Waals surface area contributed by atoms with Crippen LogP contribution in [0.3, 0.4) is 0 Å². The van der Waals surface area contributed by atoms with Gasteiger partial charge in [-0.1, -0.05) is 56.5 Å². The van der Waals surface area contributed by atoms with E-state index < -0.39 is 0 Å². The highest BCUT2D eigenvalue weighted by Crippen LogP contribution is 2.34. The van der Waals surface area contributed by atoms with Gasteiger partial charge in [0.15, 0.2) is 0 Å². The zero-order valence-electron chi connectivity index (χ0n) is 20.4. The molecule has 2 aromatic rings. The van der Waals surface area contributed by atoms with Gasteiger partial charge >= 0.3 is 5.69 Å². The number of amides is 1. The molecule has 2 heterocycles. The number of aromatic nitrogens is 3. The van der Waals surface area contributed by atoms with Gasteiger partial charge in [0, 0.05) is 31.5 Å². The van der Waals surface area contributed by atoms with Gasteiger partial charge in [-0.15, -0.1) is 0 Å². The van der Waals surface area contributed by atoms with E-state index in [0.29, 0.717) is 19.0 Å². The molecule has 1 saturated carbocycles. The van der Waals surface area contributed by atoms with Gasteiger partial charge in [0.2, 0.25) is 5.91 Å². The van der Waals surface area contributed by atoms with E-state index in [0.717, 1.165) is 56.1 Å². The number of unbranched alkanes of at least 4 members (excludes halogenated alkanes) is 1. The number of rotatable bonds is 8. The molecule has 0 spiro atoms. The summed E-state index contributed by atoms with van der Waals surface area (Å²) in [5.41, 5.74) is 1.05. The highest BCUT2D eigenvalue weighted by atomic mass is 16.2. The smallest absolute Gasteiger partial charge is 0.342 e. The summed E-state index contributed by atoms with van der Waals surface area (Å²) in [6.07, 6.45) is 10.3. The number of piperidine rings is 1. The van der Waals surface area contributed by atoms with E-state index in [-0.39, 0.29) is 17.5 Å². The molecular weight excluding hydrogens is 412 g/mol. The van der Waals surface area contributed by atoms with Crippen LogP contribution in [0.15, 0.2) is 35.1 Å². The fraction of sp³-hybridized carbons (Fsp3) is 0.667. The molecule has 1 aromatic heterocycles. The molecule has 33 heavy (non-hydrogen) atoms. The van der Waals surface area contributed by atoms with E-state index in [1.54, 1.807) is 4.68 Å². The first-order valence-electron chi connectivity index (χ1n) is 13.1. The molecule has 6 nitrogen and oxygen atoms in total. The van der Waals surface area contributed by atoms with Crippen LogP contribution in [0.4, 0.5) is 0 Å². The highest BCUT2D eigenvalue weighted by molar-refractivity contribution is 5.79. The second-order valence-electron chi connectivity index (χ2n) is 9.99. The van der Waals surface area contributed by atoms with E-state index in [1.807, 2.05) is 41.8 Å². The molecule has 4 rings (SSSR count). The van der Waals surface area contributed by atoms with Crippen LogP contribution in [-0.2, 0) is 17.9 Å². The minimum Gasteiger partial charge on any atom is -0.342 e. The van der Waals surface area contributed by atoms with Crippen LogP contribution in [0.5, 0.6) is 0 Å². The molecule has 2 fully saturated rings. The van der Waals surface area contributed by atoms with Crippen LogP contribution in [-0.4, -0.2) is 38.2 Å². The minimum atomic E-state index is -0.0327. The summed E-state index contributed by atoms with van der Waals surface area (Å²) < 4.78 is 3.42. The van der Waals surface area contributed by atoms with Crippen molar-refractivity contribution < 1.29 is 4.79 Å². The molecule has 1 aromatic carbocycles. The maximum absolute atomic E-state index is 13.2. The third-order valence-electron chi connectivity index (χ3n) is 7.78. The van der Waals surface area contributed by atoms with Gasteiger partial charge in [-0.2, -0.15) is 5.10 Å². The van der Waals surface area contributed by atoms with Crippen LogP contribution in [0.2, 0.25) is 0 Å². The van der Waals surface area contributed by atoms with Gasteiger partial charge < -0.3 is 4.90 Å². The predicted octanol–water partition coefficient (Wildman–Crippen LogP) is 4.82. The predicted molar refractivity (Wildman–Crippen MR) is 131 cm³/mol. The summed E-state index contributed by atoms with van der Waals surface area (Å²) in [4.78, 5) is 28.2. The van der Waals surface area contributed by atoms with E-state index in [9.17, 15) is 9.59 Å². The second-order valence-corrected chi connectivity index (χ2v) is 9.99. The Morgan fingerprint density at radius 3 is 2.33 bits per heavy atom. The number of hydrogen-bond donors (Lipinski definition) is 0. The Bertz CT molecular complexity index is 948. The van der Waals surface area contributed by atoms with E-state index >= 15 is 0 Å². The SMILES string of the molecule is CCCCC1CCC(C(=O)N2CCC(c3nn(Cc4ccccc4)c(=O)n3CC)CC2)CC1. The molecule has 1 aliphatic heterocycles. The molecule has 0 N–H and O–H groups in total. The lowest BCUT2D eigenvalue weighted by atomic mass is 9.79. The van der Waals surface area contributed by atoms with Crippen molar-refractivity contribution in [2.45, 2.75) is 90.6 Å². The van der Waals surface area contributed by atoms with Gasteiger partial charge in [-0.05, 0) is 56.9 Å². The lowest BCUT2D eigenvalue weighted by Gasteiger charge is -2.36. The summed E-state index contributed by atoms with van der Waals surface area (Å²) in [5.74, 6) is 2.55. The normalized spacial score (nSPS) is 21.9. The fourth-order valence-corrected chi connectivity index (χ4v) is 5.72. The third-order valence-corrected chi connectivity index (χ3v) is 7.78. The average Bonchev–Trinajstić information content (AvgIpc) is 3.18. The van der Waals surface area contributed by atoms with Gasteiger partial charge in [0.25, 0.3) is 0 Å². The zero-order chi connectivity index (χ0) is 23.2. The Kier molecular flexibility index (Phi) is 8.05. The highest BCUT2D eigenvalue weighted by Gasteiger charge is 2.33. The van der Waals surface area contributed by atoms with E-state index in [4.69, 9.17) is 5.10 Å². The van der Waals surface area contributed by atoms with Crippen LogP contribution >= 0.6 is 0 Å². The molecule has 0 unspecified atom stereocenters. The van der Waals surface area contributed by atoms with Crippen molar-refractivity contribution in [3.05, 3.63) is 52.2 Å². The van der Waals surface area contributed by atoms with Crippen molar-refractivity contribution in [1.29, 1.82) is 0 Å². The maximum atomic E-state index is 13.2. The van der Waals surface area contributed by atoms with E-state index in [2.05, 4.69) is 11.8 Å². The van der Waals surface area contributed by atoms with Crippen LogP contribution in [0, 0.1) is 11.8 Å². The Labute approximate surface area is 198 Å². The quantitative estimate of drug-likeness (QED) is 0.577. The van der Waals surface area contributed by atoms with Crippen LogP contribution in [0.1, 0.15) is 88.9 Å². The standard InChI is InChI=1S/C27H40N4O2/c1-3-5-9-21-12-14-24(15-13-21)26(32)29-18-16-23(17-19-29)25-28-31(27(33)30(25)4-2)20-22-10-7-6-8-11-22/h6-8,10-11,21,23-24H,3-5,9,12-20H2,1-2H3. The van der Waals surface area contributed by atoms with Gasteiger partial charge in [-0.25, -0.2) is 9.48 Å². The van der Waals surface area contributed by atoms with Crippen LogP contribution in [0.25, 0.3) is 0 Å². The fourth-order valence-electron chi connectivity index (χ4n) is 5.72. The van der Waals surface area contributed by atoms with Crippen molar-refractivity contribution >= 4 is 5.91 Å². The van der Waals surface area contributed by atoms with Crippen molar-refractivity contribution in [3.8, 4) is 0 Å². The maximum Gasteiger partial charge on any atom is 0.346 e. The molecule has 1 aliphatic carbocycles. The average molecular weight is 453 g/mol. The summed E-state index contributed by atoms with van der Waals surface area (Å²) in [6, 6.07) is 10.0. The summed E-state index contributed by atoms with van der Waals surface area (Å²) >= 11 is 0. The molecule has 180 valence electrons. The van der Waals surface area contributed by atoms with Gasteiger partial charge in [0.05, 0.1) is 6.54 Å². The molecular formula is C27H40N4O2. The number of hydrogen-bond acceptors (Lipinski definition) is 3. The second kappa shape index (κ2) is 11.2. The molecule has 0 atom stereocenters. The first-order chi connectivity index (χ1) is 16.1. The van der Waals surface area contributed by atoms with Gasteiger partial charge in [-0.3, -0.25) is 9.36 Å². The Balaban J connectivity index is 1.34. The van der Waals surface area contributed by atoms with Crippen molar-refractivity contribution in [2.24, 2.45) is 11.8 Å². The summed E-state index contributed by atoms with van der Waals surface area (Å²) in [7, 11) is 0. The molecule has 0 bridgehead atoms. The summed E-state index contributed by atoms with van der Waals surface area (Å²) in [5, 5.41) is 4.76. The van der Waals surface area contributed by atoms with E-state index in [1.165, 1.54) is 32.1 Å². The first-order valence-corrected chi connectivity index (χ1v) is 13.1. The Morgan fingerprint density at radius 1 is 1.00 bits per heavy atom. The van der Waals surface area contributed by atoms with Crippen molar-refractivity contribution in [2.75, 3.05) is 13.1 Å². The largest absolute Gasteiger partial charge is 0.346 e. The minimum absolute atomic E-state index is 0.0327. The molecule has 2 aliphatic rings. The number of nitrogens with zero attached hydrogens (tertiary/aromatic N) is 4. The number of carbonyl (C=O) groups is 1. The van der Waals surface area contributed by atoms with Crippen molar-refractivity contribution in [1.82, 2.24) is 19.2 Å². The topological polar surface area (TPSA) is 60.1 Å². The van der Waals surface area contributed by atoms with Gasteiger partial charge in [0.1, 0.15) is 5.82 Å².